The van der Waals surface area contributed by atoms with Gasteiger partial charge in [0.1, 0.15) is 11.6 Å². The summed E-state index contributed by atoms with van der Waals surface area (Å²) in [7, 11) is 3.64. The number of benzene rings is 1. The van der Waals surface area contributed by atoms with Crippen LogP contribution < -0.4 is 9.64 Å². The number of alkyl halides is 1. The molecule has 1 aromatic carbocycles. The third kappa shape index (κ3) is 3.56. The van der Waals surface area contributed by atoms with E-state index in [-0.39, 0.29) is 0 Å². The quantitative estimate of drug-likeness (QED) is 0.777. The second kappa shape index (κ2) is 6.82. The molecule has 2 rings (SSSR count). The predicted molar refractivity (Wildman–Crippen MR) is 83.9 cm³/mol. The highest BCUT2D eigenvalue weighted by Crippen LogP contribution is 2.23. The van der Waals surface area contributed by atoms with Crippen LogP contribution >= 0.6 is 23.2 Å². The Morgan fingerprint density at radius 2 is 2.10 bits per heavy atom. The topological polar surface area (TPSA) is 25.4 Å². The first-order valence-corrected chi connectivity index (χ1v) is 7.09. The summed E-state index contributed by atoms with van der Waals surface area (Å²) in [6, 6.07) is 9.87. The first kappa shape index (κ1) is 14.9. The van der Waals surface area contributed by atoms with Crippen molar-refractivity contribution in [1.82, 2.24) is 4.98 Å². The number of hydrogen-bond acceptors (Lipinski definition) is 3. The summed E-state index contributed by atoms with van der Waals surface area (Å²) >= 11 is 11.9. The summed E-state index contributed by atoms with van der Waals surface area (Å²) in [5.74, 6) is 2.07. The van der Waals surface area contributed by atoms with Crippen molar-refractivity contribution >= 4 is 29.0 Å². The van der Waals surface area contributed by atoms with Crippen LogP contribution in [0.5, 0.6) is 5.75 Å². The van der Waals surface area contributed by atoms with Gasteiger partial charge in [0.05, 0.1) is 12.1 Å². The number of hydrogen-bond donors (Lipinski definition) is 0. The lowest BCUT2D eigenvalue weighted by molar-refractivity contribution is 0.414. The number of methoxy groups -OCH3 is 1. The first-order valence-electron chi connectivity index (χ1n) is 6.18. The third-order valence-electron chi connectivity index (χ3n) is 3.01. The van der Waals surface area contributed by atoms with Gasteiger partial charge in [-0.1, -0.05) is 23.7 Å². The van der Waals surface area contributed by atoms with Crippen LogP contribution in [0.15, 0.2) is 36.5 Å². The Balaban J connectivity index is 2.16. The summed E-state index contributed by atoms with van der Waals surface area (Å²) in [5, 5.41) is 0.596. The summed E-state index contributed by atoms with van der Waals surface area (Å²) in [6.45, 7) is 0.730. The number of ether oxygens (including phenoxy) is 1. The van der Waals surface area contributed by atoms with Crippen molar-refractivity contribution in [2.24, 2.45) is 0 Å². The van der Waals surface area contributed by atoms with Crippen LogP contribution in [-0.4, -0.2) is 19.1 Å². The van der Waals surface area contributed by atoms with Crippen LogP contribution in [0.25, 0.3) is 0 Å². The van der Waals surface area contributed by atoms with Gasteiger partial charge in [-0.05, 0) is 29.3 Å². The molecule has 0 atom stereocenters. The number of anilines is 1. The van der Waals surface area contributed by atoms with Gasteiger partial charge in [0, 0.05) is 25.7 Å². The number of nitrogens with zero attached hydrogens (tertiary/aromatic N) is 2. The highest BCUT2D eigenvalue weighted by atomic mass is 35.5. The molecule has 0 aliphatic rings. The van der Waals surface area contributed by atoms with E-state index >= 15 is 0 Å². The lowest BCUT2D eigenvalue weighted by Crippen LogP contribution is -2.17. The molecule has 0 aliphatic heterocycles. The summed E-state index contributed by atoms with van der Waals surface area (Å²) in [6.07, 6.45) is 1.64. The fourth-order valence-corrected chi connectivity index (χ4v) is 2.36. The van der Waals surface area contributed by atoms with E-state index in [0.29, 0.717) is 10.9 Å². The Kier molecular flexibility index (Phi) is 5.10. The fourth-order valence-electron chi connectivity index (χ4n) is 1.90. The second-order valence-corrected chi connectivity index (χ2v) is 5.15. The van der Waals surface area contributed by atoms with Gasteiger partial charge in [-0.2, -0.15) is 0 Å². The normalized spacial score (nSPS) is 10.4. The third-order valence-corrected chi connectivity index (χ3v) is 3.64. The fraction of sp³-hybridized carbons (Fsp3) is 0.267. The minimum absolute atomic E-state index is 0.376. The van der Waals surface area contributed by atoms with Crippen molar-refractivity contribution in [1.29, 1.82) is 0 Å². The van der Waals surface area contributed by atoms with Gasteiger partial charge in [0.2, 0.25) is 0 Å². The van der Waals surface area contributed by atoms with E-state index in [2.05, 4.69) is 11.1 Å². The van der Waals surface area contributed by atoms with Crippen molar-refractivity contribution in [3.63, 3.8) is 0 Å². The van der Waals surface area contributed by atoms with E-state index in [0.717, 1.165) is 29.2 Å². The van der Waals surface area contributed by atoms with Crippen LogP contribution in [0.4, 0.5) is 5.82 Å². The van der Waals surface area contributed by atoms with Crippen molar-refractivity contribution < 1.29 is 4.74 Å². The van der Waals surface area contributed by atoms with E-state index in [1.165, 1.54) is 0 Å². The molecule has 0 saturated carbocycles. The molecule has 106 valence electrons. The Hall–Kier alpha value is -1.45. The zero-order valence-corrected chi connectivity index (χ0v) is 12.9. The van der Waals surface area contributed by atoms with Crippen LogP contribution in [0, 0.1) is 0 Å². The standard InChI is InChI=1S/C15H16Cl2N2O/c1-19(10-11-4-3-5-13(6-11)20-2)15-7-12(8-16)14(17)9-18-15/h3-7,9H,8,10H2,1-2H3. The predicted octanol–water partition coefficient (Wildman–Crippen LogP) is 4.12. The molecule has 0 fully saturated rings. The molecule has 5 heteroatoms. The molecule has 20 heavy (non-hydrogen) atoms. The van der Waals surface area contributed by atoms with Crippen LogP contribution in [0.2, 0.25) is 5.02 Å². The van der Waals surface area contributed by atoms with E-state index in [1.807, 2.05) is 36.2 Å². The molecule has 0 aliphatic carbocycles. The Labute approximate surface area is 129 Å². The van der Waals surface area contributed by atoms with Crippen molar-refractivity contribution in [2.45, 2.75) is 12.4 Å². The van der Waals surface area contributed by atoms with Gasteiger partial charge in [-0.3, -0.25) is 0 Å². The average Bonchev–Trinajstić information content (AvgIpc) is 2.47. The van der Waals surface area contributed by atoms with Crippen LogP contribution in [0.1, 0.15) is 11.1 Å². The monoisotopic (exact) mass is 310 g/mol. The first-order chi connectivity index (χ1) is 9.63. The molecule has 0 bridgehead atoms. The maximum absolute atomic E-state index is 6.02. The maximum atomic E-state index is 6.02. The number of rotatable bonds is 5. The van der Waals surface area contributed by atoms with Crippen LogP contribution in [-0.2, 0) is 12.4 Å². The maximum Gasteiger partial charge on any atom is 0.128 e. The molecule has 0 unspecified atom stereocenters. The van der Waals surface area contributed by atoms with E-state index in [4.69, 9.17) is 27.9 Å². The van der Waals surface area contributed by atoms with Crippen molar-refractivity contribution in [3.8, 4) is 5.75 Å². The van der Waals surface area contributed by atoms with Gasteiger partial charge in [0.25, 0.3) is 0 Å². The van der Waals surface area contributed by atoms with Gasteiger partial charge >= 0.3 is 0 Å². The molecule has 2 aromatic rings. The van der Waals surface area contributed by atoms with Gasteiger partial charge in [-0.25, -0.2) is 4.98 Å². The SMILES string of the molecule is COc1cccc(CN(C)c2cc(CCl)c(Cl)cn2)c1. The molecule has 0 spiro atoms. The molecular formula is C15H16Cl2N2O. The van der Waals surface area contributed by atoms with Crippen LogP contribution in [0.3, 0.4) is 0 Å². The minimum Gasteiger partial charge on any atom is -0.497 e. The molecule has 0 N–H and O–H groups in total. The lowest BCUT2D eigenvalue weighted by Gasteiger charge is -2.19. The van der Waals surface area contributed by atoms with E-state index in [9.17, 15) is 0 Å². The average molecular weight is 311 g/mol. The van der Waals surface area contributed by atoms with Gasteiger partial charge in [0.15, 0.2) is 0 Å². The Bertz CT molecular complexity index is 590. The largest absolute Gasteiger partial charge is 0.497 e. The zero-order valence-electron chi connectivity index (χ0n) is 11.4. The van der Waals surface area contributed by atoms with E-state index in [1.54, 1.807) is 13.3 Å². The van der Waals surface area contributed by atoms with Crippen molar-refractivity contribution in [3.05, 3.63) is 52.7 Å². The number of aromatic nitrogens is 1. The molecule has 1 aromatic heterocycles. The smallest absolute Gasteiger partial charge is 0.128 e. The molecule has 0 saturated heterocycles. The zero-order chi connectivity index (χ0) is 14.5. The lowest BCUT2D eigenvalue weighted by atomic mass is 10.2. The second-order valence-electron chi connectivity index (χ2n) is 4.48. The number of pyridine rings is 1. The Morgan fingerprint density at radius 3 is 2.80 bits per heavy atom. The minimum atomic E-state index is 0.376. The molecular weight excluding hydrogens is 295 g/mol. The number of halogens is 2. The highest BCUT2D eigenvalue weighted by molar-refractivity contribution is 6.32. The van der Waals surface area contributed by atoms with Crippen molar-refractivity contribution in [2.75, 3.05) is 19.1 Å². The molecule has 0 radical (unpaired) electrons. The highest BCUT2D eigenvalue weighted by Gasteiger charge is 2.08. The van der Waals surface area contributed by atoms with E-state index < -0.39 is 0 Å². The summed E-state index contributed by atoms with van der Waals surface area (Å²) < 4.78 is 5.23. The summed E-state index contributed by atoms with van der Waals surface area (Å²) in [4.78, 5) is 6.37. The Morgan fingerprint density at radius 1 is 1.30 bits per heavy atom. The van der Waals surface area contributed by atoms with Gasteiger partial charge in [-0.15, -0.1) is 11.6 Å². The summed E-state index contributed by atoms with van der Waals surface area (Å²) in [5.41, 5.74) is 2.03. The molecule has 3 nitrogen and oxygen atoms in total. The molecule has 1 heterocycles. The van der Waals surface area contributed by atoms with Gasteiger partial charge < -0.3 is 9.64 Å². The molecule has 0 amide bonds.